The van der Waals surface area contributed by atoms with E-state index in [2.05, 4.69) is 28.6 Å². The van der Waals surface area contributed by atoms with E-state index < -0.39 is 0 Å². The fraction of sp³-hybridized carbons (Fsp3) is 0.385. The van der Waals surface area contributed by atoms with Gasteiger partial charge in [0, 0.05) is 19.2 Å². The molecule has 1 aromatic carbocycles. The molecule has 2 aromatic rings. The summed E-state index contributed by atoms with van der Waals surface area (Å²) in [5.74, 6) is 0. The van der Waals surface area contributed by atoms with Crippen LogP contribution in [0.3, 0.4) is 0 Å². The number of rotatable bonds is 5. The van der Waals surface area contributed by atoms with E-state index >= 15 is 0 Å². The smallest absolute Gasteiger partial charge is 0.0897 e. The SMILES string of the molecule is CCCNCc1ccc(-c2cnnn2C)c(Cl)c1. The molecule has 0 unspecified atom stereocenters. The fourth-order valence-corrected chi connectivity index (χ4v) is 2.12. The van der Waals surface area contributed by atoms with Crippen molar-refractivity contribution in [2.24, 2.45) is 7.05 Å². The van der Waals surface area contributed by atoms with Gasteiger partial charge in [-0.1, -0.05) is 35.9 Å². The molecule has 5 heteroatoms. The van der Waals surface area contributed by atoms with Crippen molar-refractivity contribution in [2.45, 2.75) is 19.9 Å². The molecule has 0 atom stereocenters. The maximum atomic E-state index is 6.31. The molecule has 2 rings (SSSR count). The average molecular weight is 265 g/mol. The van der Waals surface area contributed by atoms with Crippen LogP contribution >= 0.6 is 11.6 Å². The second kappa shape index (κ2) is 5.98. The molecule has 0 spiro atoms. The molecule has 0 saturated heterocycles. The molecule has 0 amide bonds. The van der Waals surface area contributed by atoms with E-state index in [1.807, 2.05) is 19.2 Å². The first-order chi connectivity index (χ1) is 8.72. The lowest BCUT2D eigenvalue weighted by atomic mass is 10.1. The molecular weight excluding hydrogens is 248 g/mol. The minimum absolute atomic E-state index is 0.733. The van der Waals surface area contributed by atoms with Crippen molar-refractivity contribution in [1.29, 1.82) is 0 Å². The number of benzene rings is 1. The summed E-state index contributed by atoms with van der Waals surface area (Å²) in [6, 6.07) is 6.09. The van der Waals surface area contributed by atoms with Crippen LogP contribution in [0, 0.1) is 0 Å². The normalized spacial score (nSPS) is 10.8. The third-order valence-corrected chi connectivity index (χ3v) is 3.09. The number of nitrogens with one attached hydrogen (secondary N) is 1. The third kappa shape index (κ3) is 2.89. The largest absolute Gasteiger partial charge is 0.313 e. The number of nitrogens with zero attached hydrogens (tertiary/aromatic N) is 3. The summed E-state index contributed by atoms with van der Waals surface area (Å²) >= 11 is 6.31. The van der Waals surface area contributed by atoms with Crippen LogP contribution < -0.4 is 5.32 Å². The van der Waals surface area contributed by atoms with E-state index in [1.54, 1.807) is 10.9 Å². The number of hydrogen-bond acceptors (Lipinski definition) is 3. The highest BCUT2D eigenvalue weighted by atomic mass is 35.5. The molecule has 0 saturated carbocycles. The van der Waals surface area contributed by atoms with Crippen molar-refractivity contribution in [3.8, 4) is 11.3 Å². The molecule has 0 aliphatic rings. The molecule has 1 N–H and O–H groups in total. The van der Waals surface area contributed by atoms with Gasteiger partial charge in [-0.15, -0.1) is 5.10 Å². The van der Waals surface area contributed by atoms with Gasteiger partial charge >= 0.3 is 0 Å². The topological polar surface area (TPSA) is 42.7 Å². The first-order valence-corrected chi connectivity index (χ1v) is 6.44. The minimum Gasteiger partial charge on any atom is -0.313 e. The predicted molar refractivity (Wildman–Crippen MR) is 73.4 cm³/mol. The Balaban J connectivity index is 2.18. The zero-order chi connectivity index (χ0) is 13.0. The van der Waals surface area contributed by atoms with Gasteiger partial charge in [-0.05, 0) is 24.6 Å². The summed E-state index contributed by atoms with van der Waals surface area (Å²) in [4.78, 5) is 0. The lowest BCUT2D eigenvalue weighted by molar-refractivity contribution is 0.675. The van der Waals surface area contributed by atoms with Crippen LogP contribution in [0.2, 0.25) is 5.02 Å². The Morgan fingerprint density at radius 3 is 2.83 bits per heavy atom. The number of aryl methyl sites for hydroxylation is 1. The Kier molecular flexibility index (Phi) is 4.33. The van der Waals surface area contributed by atoms with Crippen LogP contribution in [0.1, 0.15) is 18.9 Å². The third-order valence-electron chi connectivity index (χ3n) is 2.78. The lowest BCUT2D eigenvalue weighted by Crippen LogP contribution is -2.13. The van der Waals surface area contributed by atoms with E-state index in [0.717, 1.165) is 35.8 Å². The Labute approximate surface area is 112 Å². The van der Waals surface area contributed by atoms with Crippen LogP contribution in [0.5, 0.6) is 0 Å². The van der Waals surface area contributed by atoms with Crippen molar-refractivity contribution in [3.63, 3.8) is 0 Å². The standard InChI is InChI=1S/C13H17ClN4/c1-3-6-15-8-10-4-5-11(12(14)7-10)13-9-16-17-18(13)2/h4-5,7,9,15H,3,6,8H2,1-2H3. The van der Waals surface area contributed by atoms with E-state index in [1.165, 1.54) is 5.56 Å². The Bertz CT molecular complexity index is 521. The van der Waals surface area contributed by atoms with Gasteiger partial charge in [0.2, 0.25) is 0 Å². The number of halogens is 1. The molecule has 0 aliphatic carbocycles. The zero-order valence-corrected chi connectivity index (χ0v) is 11.4. The lowest BCUT2D eigenvalue weighted by Gasteiger charge is -2.07. The van der Waals surface area contributed by atoms with Gasteiger partial charge in [0.05, 0.1) is 16.9 Å². The van der Waals surface area contributed by atoms with E-state index in [0.29, 0.717) is 0 Å². The van der Waals surface area contributed by atoms with Gasteiger partial charge in [0.25, 0.3) is 0 Å². The Hall–Kier alpha value is -1.39. The maximum Gasteiger partial charge on any atom is 0.0897 e. The van der Waals surface area contributed by atoms with Gasteiger partial charge in [0.1, 0.15) is 0 Å². The summed E-state index contributed by atoms with van der Waals surface area (Å²) in [6.45, 7) is 4.01. The molecule has 18 heavy (non-hydrogen) atoms. The Morgan fingerprint density at radius 2 is 2.22 bits per heavy atom. The highest BCUT2D eigenvalue weighted by Crippen LogP contribution is 2.27. The maximum absolute atomic E-state index is 6.31. The van der Waals surface area contributed by atoms with Crippen molar-refractivity contribution < 1.29 is 0 Å². The van der Waals surface area contributed by atoms with Crippen molar-refractivity contribution in [3.05, 3.63) is 35.0 Å². The second-order valence-electron chi connectivity index (χ2n) is 4.23. The number of aromatic nitrogens is 3. The zero-order valence-electron chi connectivity index (χ0n) is 10.7. The number of hydrogen-bond donors (Lipinski definition) is 1. The summed E-state index contributed by atoms with van der Waals surface area (Å²) in [7, 11) is 1.86. The molecule has 0 radical (unpaired) electrons. The van der Waals surface area contributed by atoms with Gasteiger partial charge in [-0.25, -0.2) is 4.68 Å². The van der Waals surface area contributed by atoms with Crippen molar-refractivity contribution >= 4 is 11.6 Å². The monoisotopic (exact) mass is 264 g/mol. The van der Waals surface area contributed by atoms with Crippen LogP contribution in [0.4, 0.5) is 0 Å². The average Bonchev–Trinajstić information content (AvgIpc) is 2.76. The molecule has 0 fully saturated rings. The molecule has 96 valence electrons. The van der Waals surface area contributed by atoms with Gasteiger partial charge in [-0.3, -0.25) is 0 Å². The van der Waals surface area contributed by atoms with E-state index in [4.69, 9.17) is 11.6 Å². The predicted octanol–water partition coefficient (Wildman–Crippen LogP) is 2.64. The van der Waals surface area contributed by atoms with Gasteiger partial charge < -0.3 is 5.32 Å². The summed E-state index contributed by atoms with van der Waals surface area (Å²) in [5, 5.41) is 11.9. The fourth-order valence-electron chi connectivity index (χ4n) is 1.82. The molecule has 4 nitrogen and oxygen atoms in total. The van der Waals surface area contributed by atoms with Crippen molar-refractivity contribution in [1.82, 2.24) is 20.3 Å². The first kappa shape index (κ1) is 13.1. The molecule has 0 bridgehead atoms. The van der Waals surface area contributed by atoms with Crippen LogP contribution in [0.15, 0.2) is 24.4 Å². The van der Waals surface area contributed by atoms with Gasteiger partial charge in [-0.2, -0.15) is 0 Å². The van der Waals surface area contributed by atoms with E-state index in [-0.39, 0.29) is 0 Å². The van der Waals surface area contributed by atoms with Crippen LogP contribution in [0.25, 0.3) is 11.3 Å². The first-order valence-electron chi connectivity index (χ1n) is 6.06. The summed E-state index contributed by atoms with van der Waals surface area (Å²) in [6.07, 6.45) is 2.85. The second-order valence-corrected chi connectivity index (χ2v) is 4.64. The highest BCUT2D eigenvalue weighted by Gasteiger charge is 2.08. The van der Waals surface area contributed by atoms with Crippen LogP contribution in [-0.2, 0) is 13.6 Å². The highest BCUT2D eigenvalue weighted by molar-refractivity contribution is 6.33. The van der Waals surface area contributed by atoms with Crippen LogP contribution in [-0.4, -0.2) is 21.5 Å². The van der Waals surface area contributed by atoms with Gasteiger partial charge in [0.15, 0.2) is 0 Å². The molecular formula is C13H17ClN4. The molecule has 1 aromatic heterocycles. The summed E-state index contributed by atoms with van der Waals surface area (Å²) in [5.41, 5.74) is 3.07. The van der Waals surface area contributed by atoms with Crippen molar-refractivity contribution in [2.75, 3.05) is 6.54 Å². The summed E-state index contributed by atoms with van der Waals surface area (Å²) < 4.78 is 1.72. The minimum atomic E-state index is 0.733. The quantitative estimate of drug-likeness (QED) is 0.845. The Morgan fingerprint density at radius 1 is 1.39 bits per heavy atom. The molecule has 1 heterocycles. The molecule has 0 aliphatic heterocycles. The van der Waals surface area contributed by atoms with E-state index in [9.17, 15) is 0 Å².